The number of aryl methyl sites for hydroxylation is 1. The number of carbonyl (C=O) groups is 1. The minimum absolute atomic E-state index is 0.129. The Labute approximate surface area is 103 Å². The van der Waals surface area contributed by atoms with Crippen LogP contribution in [-0.2, 0) is 6.54 Å². The van der Waals surface area contributed by atoms with Crippen molar-refractivity contribution in [1.29, 1.82) is 0 Å². The highest BCUT2D eigenvalue weighted by Gasteiger charge is 2.30. The Balaban J connectivity index is 2.24. The summed E-state index contributed by atoms with van der Waals surface area (Å²) in [5.74, 6) is 0.129. The molecule has 2 atom stereocenters. The molecule has 0 aromatic carbocycles. The second-order valence-corrected chi connectivity index (χ2v) is 4.87. The van der Waals surface area contributed by atoms with Crippen LogP contribution in [0.5, 0.6) is 0 Å². The Bertz CT molecular complexity index is 389. The van der Waals surface area contributed by atoms with E-state index in [1.54, 1.807) is 10.9 Å². The molecule has 0 N–H and O–H groups in total. The highest BCUT2D eigenvalue weighted by Crippen LogP contribution is 2.24. The van der Waals surface area contributed by atoms with Gasteiger partial charge in [0.1, 0.15) is 5.69 Å². The fourth-order valence-corrected chi connectivity index (χ4v) is 2.72. The number of nitrogens with zero attached hydrogens (tertiary/aromatic N) is 3. The molecule has 0 radical (unpaired) electrons. The number of hydrogen-bond donors (Lipinski definition) is 0. The van der Waals surface area contributed by atoms with E-state index in [1.807, 2.05) is 17.9 Å². The maximum atomic E-state index is 12.5. The van der Waals surface area contributed by atoms with Gasteiger partial charge in [-0.3, -0.25) is 9.48 Å². The van der Waals surface area contributed by atoms with Gasteiger partial charge in [0.05, 0.1) is 0 Å². The lowest BCUT2D eigenvalue weighted by atomic mass is 9.97. The van der Waals surface area contributed by atoms with Crippen molar-refractivity contribution >= 4 is 5.91 Å². The maximum Gasteiger partial charge on any atom is 0.272 e. The molecule has 1 fully saturated rings. The zero-order valence-electron chi connectivity index (χ0n) is 10.9. The lowest BCUT2D eigenvalue weighted by Crippen LogP contribution is -2.48. The van der Waals surface area contributed by atoms with Gasteiger partial charge in [0, 0.05) is 24.8 Å². The van der Waals surface area contributed by atoms with Crippen LogP contribution in [-0.4, -0.2) is 32.7 Å². The van der Waals surface area contributed by atoms with E-state index in [1.165, 1.54) is 6.42 Å². The van der Waals surface area contributed by atoms with Crippen LogP contribution in [0.15, 0.2) is 12.3 Å². The van der Waals surface area contributed by atoms with Crippen molar-refractivity contribution < 1.29 is 4.79 Å². The Morgan fingerprint density at radius 1 is 1.41 bits per heavy atom. The standard InChI is InChI=1S/C13H21N3O/c1-4-15-12(8-9-14-15)13(17)16-10(2)6-5-7-11(16)3/h8-11H,4-7H2,1-3H3/t10-,11-/m0/s1. The number of rotatable bonds is 2. The summed E-state index contributed by atoms with van der Waals surface area (Å²) in [5, 5.41) is 4.17. The first-order valence-corrected chi connectivity index (χ1v) is 6.49. The van der Waals surface area contributed by atoms with E-state index in [0.29, 0.717) is 17.8 Å². The zero-order chi connectivity index (χ0) is 12.4. The molecule has 0 bridgehead atoms. The smallest absolute Gasteiger partial charge is 0.272 e. The van der Waals surface area contributed by atoms with Gasteiger partial charge >= 0.3 is 0 Å². The van der Waals surface area contributed by atoms with E-state index >= 15 is 0 Å². The van der Waals surface area contributed by atoms with Crippen LogP contribution in [0.1, 0.15) is 50.5 Å². The molecule has 1 aliphatic rings. The van der Waals surface area contributed by atoms with E-state index in [2.05, 4.69) is 18.9 Å². The van der Waals surface area contributed by atoms with Crippen molar-refractivity contribution in [3.8, 4) is 0 Å². The van der Waals surface area contributed by atoms with Crippen LogP contribution < -0.4 is 0 Å². The summed E-state index contributed by atoms with van der Waals surface area (Å²) >= 11 is 0. The van der Waals surface area contributed by atoms with Crippen LogP contribution in [0.25, 0.3) is 0 Å². The third kappa shape index (κ3) is 2.21. The van der Waals surface area contributed by atoms with Gasteiger partial charge in [0.2, 0.25) is 0 Å². The van der Waals surface area contributed by atoms with Crippen molar-refractivity contribution in [2.45, 2.75) is 58.7 Å². The number of piperidine rings is 1. The molecule has 17 heavy (non-hydrogen) atoms. The van der Waals surface area contributed by atoms with Gasteiger partial charge in [-0.1, -0.05) is 0 Å². The topological polar surface area (TPSA) is 38.1 Å². The maximum absolute atomic E-state index is 12.5. The largest absolute Gasteiger partial charge is 0.332 e. The lowest BCUT2D eigenvalue weighted by molar-refractivity contribution is 0.0498. The predicted molar refractivity (Wildman–Crippen MR) is 66.8 cm³/mol. The number of likely N-dealkylation sites (tertiary alicyclic amines) is 1. The first kappa shape index (κ1) is 12.1. The summed E-state index contributed by atoms with van der Waals surface area (Å²) < 4.78 is 1.77. The van der Waals surface area contributed by atoms with Crippen molar-refractivity contribution in [2.75, 3.05) is 0 Å². The Morgan fingerprint density at radius 2 is 2.06 bits per heavy atom. The fraction of sp³-hybridized carbons (Fsp3) is 0.692. The third-order valence-corrected chi connectivity index (χ3v) is 3.66. The number of amides is 1. The highest BCUT2D eigenvalue weighted by atomic mass is 16.2. The predicted octanol–water partition coefficient (Wildman–Crippen LogP) is 2.31. The molecule has 0 spiro atoms. The van der Waals surface area contributed by atoms with Gasteiger partial charge in [-0.25, -0.2) is 0 Å². The summed E-state index contributed by atoms with van der Waals surface area (Å²) in [6.07, 6.45) is 5.14. The normalized spacial score (nSPS) is 25.0. The molecule has 1 amide bonds. The average molecular weight is 235 g/mol. The Morgan fingerprint density at radius 3 is 2.65 bits per heavy atom. The first-order valence-electron chi connectivity index (χ1n) is 6.49. The second kappa shape index (κ2) is 4.90. The molecule has 94 valence electrons. The first-order chi connectivity index (χ1) is 8.15. The molecule has 1 aromatic rings. The van der Waals surface area contributed by atoms with Crippen LogP contribution in [0.4, 0.5) is 0 Å². The van der Waals surface area contributed by atoms with E-state index < -0.39 is 0 Å². The van der Waals surface area contributed by atoms with E-state index in [9.17, 15) is 4.79 Å². The van der Waals surface area contributed by atoms with Gasteiger partial charge < -0.3 is 4.90 Å². The van der Waals surface area contributed by atoms with Crippen LogP contribution in [0, 0.1) is 0 Å². The number of aromatic nitrogens is 2. The van der Waals surface area contributed by atoms with Gasteiger partial charge in [0.15, 0.2) is 0 Å². The third-order valence-electron chi connectivity index (χ3n) is 3.66. The van der Waals surface area contributed by atoms with Crippen molar-refractivity contribution in [2.24, 2.45) is 0 Å². The average Bonchev–Trinajstić information content (AvgIpc) is 2.76. The summed E-state index contributed by atoms with van der Waals surface area (Å²) in [6, 6.07) is 2.50. The molecular formula is C13H21N3O. The quantitative estimate of drug-likeness (QED) is 0.789. The molecule has 0 saturated carbocycles. The van der Waals surface area contributed by atoms with E-state index in [-0.39, 0.29) is 5.91 Å². The van der Waals surface area contributed by atoms with Crippen molar-refractivity contribution in [3.63, 3.8) is 0 Å². The number of hydrogen-bond acceptors (Lipinski definition) is 2. The minimum atomic E-state index is 0.129. The van der Waals surface area contributed by atoms with E-state index in [4.69, 9.17) is 0 Å². The second-order valence-electron chi connectivity index (χ2n) is 4.87. The van der Waals surface area contributed by atoms with Crippen molar-refractivity contribution in [3.05, 3.63) is 18.0 Å². The molecule has 2 heterocycles. The molecule has 1 aromatic heterocycles. The zero-order valence-corrected chi connectivity index (χ0v) is 10.9. The van der Waals surface area contributed by atoms with Crippen LogP contribution in [0.3, 0.4) is 0 Å². The van der Waals surface area contributed by atoms with Crippen molar-refractivity contribution in [1.82, 2.24) is 14.7 Å². The molecule has 2 rings (SSSR count). The Hall–Kier alpha value is -1.32. The molecule has 1 aliphatic heterocycles. The van der Waals surface area contributed by atoms with Gasteiger partial charge in [-0.15, -0.1) is 0 Å². The minimum Gasteiger partial charge on any atom is -0.332 e. The molecular weight excluding hydrogens is 214 g/mol. The van der Waals surface area contributed by atoms with Gasteiger partial charge in [-0.05, 0) is 46.1 Å². The molecule has 4 heteroatoms. The SMILES string of the molecule is CCn1nccc1C(=O)N1[C@@H](C)CCC[C@@H]1C. The lowest BCUT2D eigenvalue weighted by Gasteiger charge is -2.39. The van der Waals surface area contributed by atoms with Crippen LogP contribution >= 0.6 is 0 Å². The van der Waals surface area contributed by atoms with Crippen LogP contribution in [0.2, 0.25) is 0 Å². The van der Waals surface area contributed by atoms with Gasteiger partial charge in [0.25, 0.3) is 5.91 Å². The number of carbonyl (C=O) groups excluding carboxylic acids is 1. The Kier molecular flexibility index (Phi) is 3.50. The molecule has 4 nitrogen and oxygen atoms in total. The van der Waals surface area contributed by atoms with E-state index in [0.717, 1.165) is 19.4 Å². The summed E-state index contributed by atoms with van der Waals surface area (Å²) in [7, 11) is 0. The summed E-state index contributed by atoms with van der Waals surface area (Å²) in [5.41, 5.74) is 0.716. The molecule has 0 unspecified atom stereocenters. The molecule has 0 aliphatic carbocycles. The summed E-state index contributed by atoms with van der Waals surface area (Å²) in [4.78, 5) is 14.5. The van der Waals surface area contributed by atoms with Gasteiger partial charge in [-0.2, -0.15) is 5.10 Å². The fourth-order valence-electron chi connectivity index (χ4n) is 2.72. The summed E-state index contributed by atoms with van der Waals surface area (Å²) in [6.45, 7) is 7.03. The molecule has 1 saturated heterocycles. The monoisotopic (exact) mass is 235 g/mol. The highest BCUT2D eigenvalue weighted by molar-refractivity contribution is 5.93.